The summed E-state index contributed by atoms with van der Waals surface area (Å²) in [6, 6.07) is 5.10. The molecule has 0 bridgehead atoms. The van der Waals surface area contributed by atoms with E-state index in [2.05, 4.69) is 10.1 Å². The molecule has 10 heteroatoms. The number of nitrogens with zero attached hydrogens (tertiary/aromatic N) is 2. The number of ether oxygens (including phenoxy) is 1. The van der Waals surface area contributed by atoms with Crippen molar-refractivity contribution < 1.29 is 32.3 Å². The molecule has 1 aliphatic heterocycles. The van der Waals surface area contributed by atoms with Gasteiger partial charge in [0.25, 0.3) is 0 Å². The quantitative estimate of drug-likeness (QED) is 0.744. The molecule has 4 amide bonds. The Morgan fingerprint density at radius 3 is 2.42 bits per heavy atom. The predicted molar refractivity (Wildman–Crippen MR) is 85.6 cm³/mol. The number of amides is 4. The second-order valence-corrected chi connectivity index (χ2v) is 5.76. The van der Waals surface area contributed by atoms with Crippen LogP contribution in [0.5, 0.6) is 5.75 Å². The van der Waals surface area contributed by atoms with Crippen molar-refractivity contribution in [2.45, 2.75) is 19.0 Å². The van der Waals surface area contributed by atoms with Gasteiger partial charge in [-0.15, -0.1) is 0 Å². The van der Waals surface area contributed by atoms with Crippen LogP contribution in [0, 0.1) is 0 Å². The third kappa shape index (κ3) is 5.64. The molecule has 7 nitrogen and oxygen atoms in total. The summed E-state index contributed by atoms with van der Waals surface area (Å²) in [5, 5.41) is 2.58. The molecule has 1 N–H and O–H groups in total. The number of likely N-dealkylation sites (N-methyl/N-ethyl adjacent to an activating group) is 1. The molecule has 26 heavy (non-hydrogen) atoms. The average Bonchev–Trinajstić information content (AvgIpc) is 2.79. The molecule has 1 aromatic carbocycles. The molecular weight excluding hydrogens is 355 g/mol. The molecule has 1 aliphatic rings. The third-order valence-corrected chi connectivity index (χ3v) is 3.56. The van der Waals surface area contributed by atoms with Crippen LogP contribution >= 0.6 is 0 Å². The highest BCUT2D eigenvalue weighted by molar-refractivity contribution is 6.01. The van der Waals surface area contributed by atoms with E-state index in [0.717, 1.165) is 4.90 Å². The monoisotopic (exact) mass is 373 g/mol. The van der Waals surface area contributed by atoms with Crippen LogP contribution in [0.3, 0.4) is 0 Å². The Hall–Kier alpha value is -2.78. The molecule has 2 rings (SSSR count). The van der Waals surface area contributed by atoms with Crippen LogP contribution in [0.4, 0.5) is 23.7 Å². The Labute approximate surface area is 147 Å². The van der Waals surface area contributed by atoms with E-state index in [1.807, 2.05) is 0 Å². The number of urea groups is 1. The highest BCUT2D eigenvalue weighted by Crippen LogP contribution is 2.20. The smallest absolute Gasteiger partial charge is 0.422 e. The Morgan fingerprint density at radius 2 is 1.88 bits per heavy atom. The highest BCUT2D eigenvalue weighted by Gasteiger charge is 2.32. The van der Waals surface area contributed by atoms with Gasteiger partial charge in [0.1, 0.15) is 12.3 Å². The Kier molecular flexibility index (Phi) is 6.06. The number of benzene rings is 1. The van der Waals surface area contributed by atoms with Crippen molar-refractivity contribution in [2.75, 3.05) is 32.1 Å². The van der Waals surface area contributed by atoms with Crippen LogP contribution in [-0.4, -0.2) is 60.6 Å². The van der Waals surface area contributed by atoms with Gasteiger partial charge in [0.2, 0.25) is 11.8 Å². The fraction of sp³-hybridized carbons (Fsp3) is 0.438. The molecule has 1 heterocycles. The standard InChI is InChI=1S/C16H18F3N3O4/c1-21-9-14(24)22(15(21)25)8-2-3-13(23)20-11-4-6-12(7-5-11)26-10-16(17,18)19/h4-7H,2-3,8-10H2,1H3,(H,20,23). The second-order valence-electron chi connectivity index (χ2n) is 5.76. The van der Waals surface area contributed by atoms with Crippen molar-refractivity contribution in [3.05, 3.63) is 24.3 Å². The van der Waals surface area contributed by atoms with Gasteiger partial charge < -0.3 is 15.0 Å². The zero-order chi connectivity index (χ0) is 19.3. The first-order valence-corrected chi connectivity index (χ1v) is 7.80. The fourth-order valence-corrected chi connectivity index (χ4v) is 2.31. The van der Waals surface area contributed by atoms with Crippen LogP contribution in [-0.2, 0) is 9.59 Å². The number of carbonyl (C=O) groups is 3. The molecule has 0 aliphatic carbocycles. The Morgan fingerprint density at radius 1 is 1.23 bits per heavy atom. The van der Waals surface area contributed by atoms with Gasteiger partial charge in [0, 0.05) is 25.7 Å². The second kappa shape index (κ2) is 8.07. The molecule has 0 unspecified atom stereocenters. The van der Waals surface area contributed by atoms with E-state index in [1.54, 1.807) is 0 Å². The first-order valence-electron chi connectivity index (χ1n) is 7.80. The number of imide groups is 1. The summed E-state index contributed by atoms with van der Waals surface area (Å²) in [7, 11) is 1.52. The van der Waals surface area contributed by atoms with E-state index in [1.165, 1.54) is 36.2 Å². The van der Waals surface area contributed by atoms with Gasteiger partial charge in [-0.25, -0.2) is 4.79 Å². The lowest BCUT2D eigenvalue weighted by Gasteiger charge is -2.13. The van der Waals surface area contributed by atoms with E-state index in [4.69, 9.17) is 0 Å². The van der Waals surface area contributed by atoms with Gasteiger partial charge in [-0.2, -0.15) is 13.2 Å². The zero-order valence-corrected chi connectivity index (χ0v) is 14.0. The Bertz CT molecular complexity index is 676. The molecule has 0 atom stereocenters. The molecular formula is C16H18F3N3O4. The van der Waals surface area contributed by atoms with Crippen molar-refractivity contribution in [3.63, 3.8) is 0 Å². The van der Waals surface area contributed by atoms with Gasteiger partial charge in [-0.1, -0.05) is 0 Å². The van der Waals surface area contributed by atoms with Gasteiger partial charge in [-0.05, 0) is 30.7 Å². The number of carbonyl (C=O) groups excluding carboxylic acids is 3. The number of hydrogen-bond acceptors (Lipinski definition) is 4. The zero-order valence-electron chi connectivity index (χ0n) is 14.0. The van der Waals surface area contributed by atoms with Gasteiger partial charge >= 0.3 is 12.2 Å². The molecule has 1 saturated heterocycles. The molecule has 1 aromatic rings. The lowest BCUT2D eigenvalue weighted by atomic mass is 10.2. The molecule has 0 spiro atoms. The number of alkyl halides is 3. The maximum absolute atomic E-state index is 12.1. The summed E-state index contributed by atoms with van der Waals surface area (Å²) >= 11 is 0. The maximum atomic E-state index is 12.1. The Balaban J connectivity index is 1.74. The normalized spacial score (nSPS) is 14.8. The maximum Gasteiger partial charge on any atom is 0.422 e. The van der Waals surface area contributed by atoms with Crippen LogP contribution in [0.25, 0.3) is 0 Å². The molecule has 0 saturated carbocycles. The number of anilines is 1. The minimum atomic E-state index is -4.42. The van der Waals surface area contributed by atoms with E-state index in [9.17, 15) is 27.6 Å². The summed E-state index contributed by atoms with van der Waals surface area (Å²) in [6.45, 7) is -1.20. The average molecular weight is 373 g/mol. The fourth-order valence-electron chi connectivity index (χ4n) is 2.31. The van der Waals surface area contributed by atoms with E-state index >= 15 is 0 Å². The number of nitrogens with one attached hydrogen (secondary N) is 1. The summed E-state index contributed by atoms with van der Waals surface area (Å²) in [6.07, 6.45) is -4.02. The van der Waals surface area contributed by atoms with E-state index in [0.29, 0.717) is 12.1 Å². The van der Waals surface area contributed by atoms with E-state index in [-0.39, 0.29) is 43.1 Å². The highest BCUT2D eigenvalue weighted by atomic mass is 19.4. The summed E-state index contributed by atoms with van der Waals surface area (Å²) in [4.78, 5) is 37.5. The minimum Gasteiger partial charge on any atom is -0.484 e. The molecule has 1 fully saturated rings. The topological polar surface area (TPSA) is 79.0 Å². The summed E-state index contributed by atoms with van der Waals surface area (Å²) in [5.74, 6) is -0.593. The van der Waals surface area contributed by atoms with Crippen molar-refractivity contribution >= 4 is 23.5 Å². The SMILES string of the molecule is CN1CC(=O)N(CCCC(=O)Nc2ccc(OCC(F)(F)F)cc2)C1=O. The van der Waals surface area contributed by atoms with Gasteiger partial charge in [0.15, 0.2) is 6.61 Å². The van der Waals surface area contributed by atoms with Gasteiger partial charge in [0.05, 0.1) is 0 Å². The third-order valence-electron chi connectivity index (χ3n) is 3.56. The molecule has 0 radical (unpaired) electrons. The predicted octanol–water partition coefficient (Wildman–Crippen LogP) is 2.24. The largest absolute Gasteiger partial charge is 0.484 e. The minimum absolute atomic E-state index is 0.0355. The van der Waals surface area contributed by atoms with Crippen molar-refractivity contribution in [1.82, 2.24) is 9.80 Å². The molecule has 142 valence electrons. The van der Waals surface area contributed by atoms with Crippen LogP contribution in [0.15, 0.2) is 24.3 Å². The van der Waals surface area contributed by atoms with Crippen LogP contribution in [0.2, 0.25) is 0 Å². The van der Waals surface area contributed by atoms with Crippen molar-refractivity contribution in [3.8, 4) is 5.75 Å². The van der Waals surface area contributed by atoms with Crippen molar-refractivity contribution in [1.29, 1.82) is 0 Å². The first kappa shape index (κ1) is 19.5. The number of rotatable bonds is 7. The van der Waals surface area contributed by atoms with Gasteiger partial charge in [-0.3, -0.25) is 14.5 Å². The summed E-state index contributed by atoms with van der Waals surface area (Å²) < 4.78 is 40.8. The van der Waals surface area contributed by atoms with E-state index < -0.39 is 12.8 Å². The number of halogens is 3. The number of hydrogen-bond donors (Lipinski definition) is 1. The molecule has 0 aromatic heterocycles. The summed E-state index contributed by atoms with van der Waals surface area (Å²) in [5.41, 5.74) is 0.405. The van der Waals surface area contributed by atoms with Crippen molar-refractivity contribution in [2.24, 2.45) is 0 Å². The van der Waals surface area contributed by atoms with Crippen LogP contribution < -0.4 is 10.1 Å². The van der Waals surface area contributed by atoms with Crippen LogP contribution in [0.1, 0.15) is 12.8 Å². The lowest BCUT2D eigenvalue weighted by Crippen LogP contribution is -2.32. The lowest BCUT2D eigenvalue weighted by molar-refractivity contribution is -0.153. The first-order chi connectivity index (χ1) is 12.2.